The summed E-state index contributed by atoms with van der Waals surface area (Å²) in [6, 6.07) is 8.61. The van der Waals surface area contributed by atoms with Crippen LogP contribution in [0.2, 0.25) is 0 Å². The van der Waals surface area contributed by atoms with Crippen LogP contribution in [0.15, 0.2) is 24.3 Å². The standard InChI is InChI=1S/C19H31N3O.2ClH/c1-5-17(6-2)22-13-11-21(12-14-22)15-19(23)16-7-9-18(10-8-16)20(3)4;;/h7-10,17H,5-6,11-15H2,1-4H3;2*1H. The van der Waals surface area contributed by atoms with E-state index in [1.54, 1.807) is 0 Å². The van der Waals surface area contributed by atoms with Crippen LogP contribution in [0.3, 0.4) is 0 Å². The number of carbonyl (C=O) groups is 1. The highest BCUT2D eigenvalue weighted by Gasteiger charge is 2.23. The second kappa shape index (κ2) is 11.7. The Kier molecular flexibility index (Phi) is 11.4. The minimum atomic E-state index is 0. The molecule has 0 aromatic heterocycles. The van der Waals surface area contributed by atoms with E-state index in [9.17, 15) is 4.79 Å². The van der Waals surface area contributed by atoms with Crippen molar-refractivity contribution in [3.8, 4) is 0 Å². The van der Waals surface area contributed by atoms with Crippen molar-refractivity contribution in [1.29, 1.82) is 0 Å². The number of hydrogen-bond donors (Lipinski definition) is 0. The molecule has 0 N–H and O–H groups in total. The van der Waals surface area contributed by atoms with Gasteiger partial charge >= 0.3 is 0 Å². The first-order valence-electron chi connectivity index (χ1n) is 8.82. The van der Waals surface area contributed by atoms with E-state index in [4.69, 9.17) is 0 Å². The highest BCUT2D eigenvalue weighted by atomic mass is 35.5. The van der Waals surface area contributed by atoms with Gasteiger partial charge in [0.15, 0.2) is 5.78 Å². The Hall–Kier alpha value is -0.810. The number of carbonyl (C=O) groups excluding carboxylic acids is 1. The van der Waals surface area contributed by atoms with Crippen molar-refractivity contribution >= 4 is 36.3 Å². The third-order valence-electron chi connectivity index (χ3n) is 4.94. The molecule has 2 rings (SSSR count). The lowest BCUT2D eigenvalue weighted by molar-refractivity contribution is 0.0753. The van der Waals surface area contributed by atoms with E-state index in [0.717, 1.165) is 37.4 Å². The van der Waals surface area contributed by atoms with Crippen LogP contribution in [0.25, 0.3) is 0 Å². The Morgan fingerprint density at radius 2 is 1.52 bits per heavy atom. The molecule has 1 aromatic carbocycles. The van der Waals surface area contributed by atoms with Crippen LogP contribution in [0.1, 0.15) is 37.0 Å². The molecular weight excluding hydrogens is 357 g/mol. The SMILES string of the molecule is CCC(CC)N1CCN(CC(=O)c2ccc(N(C)C)cc2)CC1.Cl.Cl. The Morgan fingerprint density at radius 3 is 1.96 bits per heavy atom. The van der Waals surface area contributed by atoms with Crippen molar-refractivity contribution < 1.29 is 4.79 Å². The van der Waals surface area contributed by atoms with E-state index in [1.165, 1.54) is 12.8 Å². The highest BCUT2D eigenvalue weighted by molar-refractivity contribution is 5.97. The maximum absolute atomic E-state index is 12.5. The third kappa shape index (κ3) is 6.78. The van der Waals surface area contributed by atoms with Gasteiger partial charge in [0, 0.05) is 57.6 Å². The van der Waals surface area contributed by atoms with Crippen LogP contribution in [0, 0.1) is 0 Å². The molecule has 6 heteroatoms. The van der Waals surface area contributed by atoms with E-state index in [0.29, 0.717) is 12.6 Å². The predicted molar refractivity (Wildman–Crippen MR) is 112 cm³/mol. The van der Waals surface area contributed by atoms with Crippen LogP contribution in [-0.2, 0) is 0 Å². The molecule has 1 aliphatic heterocycles. The van der Waals surface area contributed by atoms with Gasteiger partial charge in [-0.1, -0.05) is 13.8 Å². The van der Waals surface area contributed by atoms with Crippen molar-refractivity contribution in [1.82, 2.24) is 9.80 Å². The molecule has 0 bridgehead atoms. The lowest BCUT2D eigenvalue weighted by atomic mass is 10.1. The average Bonchev–Trinajstić information content (AvgIpc) is 2.57. The topological polar surface area (TPSA) is 26.8 Å². The van der Waals surface area contributed by atoms with Crippen molar-refractivity contribution in [2.75, 3.05) is 51.7 Å². The van der Waals surface area contributed by atoms with E-state index < -0.39 is 0 Å². The van der Waals surface area contributed by atoms with Crippen LogP contribution in [0.4, 0.5) is 5.69 Å². The highest BCUT2D eigenvalue weighted by Crippen LogP contribution is 2.15. The Balaban J connectivity index is 0.00000288. The normalized spacial score (nSPS) is 15.4. The Morgan fingerprint density at radius 1 is 1.00 bits per heavy atom. The predicted octanol–water partition coefficient (Wildman–Crippen LogP) is 3.59. The quantitative estimate of drug-likeness (QED) is 0.665. The number of rotatable bonds is 7. The van der Waals surface area contributed by atoms with E-state index in [1.807, 2.05) is 43.3 Å². The Bertz CT molecular complexity index is 496. The number of Topliss-reactive ketones (excluding diaryl/α,β-unsaturated/α-hetero) is 1. The van der Waals surface area contributed by atoms with Crippen molar-refractivity contribution in [2.45, 2.75) is 32.7 Å². The molecule has 0 unspecified atom stereocenters. The van der Waals surface area contributed by atoms with Crippen LogP contribution < -0.4 is 4.90 Å². The summed E-state index contributed by atoms with van der Waals surface area (Å²) >= 11 is 0. The van der Waals surface area contributed by atoms with Gasteiger partial charge in [-0.3, -0.25) is 14.6 Å². The van der Waals surface area contributed by atoms with Gasteiger partial charge in [0.2, 0.25) is 0 Å². The van der Waals surface area contributed by atoms with Gasteiger partial charge in [-0.25, -0.2) is 0 Å². The van der Waals surface area contributed by atoms with Crippen LogP contribution in [0.5, 0.6) is 0 Å². The molecule has 0 aliphatic carbocycles. The second-order valence-corrected chi connectivity index (χ2v) is 6.65. The molecule has 1 heterocycles. The fourth-order valence-corrected chi connectivity index (χ4v) is 3.33. The molecule has 4 nitrogen and oxygen atoms in total. The summed E-state index contributed by atoms with van der Waals surface area (Å²) in [5.74, 6) is 0.228. The van der Waals surface area contributed by atoms with Gasteiger partial charge in [0.1, 0.15) is 0 Å². The zero-order valence-electron chi connectivity index (χ0n) is 15.9. The summed E-state index contributed by atoms with van der Waals surface area (Å²) in [4.78, 5) is 19.4. The lowest BCUT2D eigenvalue weighted by Gasteiger charge is -2.38. The molecule has 0 spiro atoms. The summed E-state index contributed by atoms with van der Waals surface area (Å²) in [5, 5.41) is 0. The Labute approximate surface area is 165 Å². The minimum Gasteiger partial charge on any atom is -0.378 e. The average molecular weight is 390 g/mol. The zero-order valence-corrected chi connectivity index (χ0v) is 17.5. The summed E-state index contributed by atoms with van der Waals surface area (Å²) < 4.78 is 0. The molecule has 1 saturated heterocycles. The number of piperazine rings is 1. The molecule has 144 valence electrons. The molecule has 0 amide bonds. The third-order valence-corrected chi connectivity index (χ3v) is 4.94. The zero-order chi connectivity index (χ0) is 16.8. The van der Waals surface area contributed by atoms with E-state index in [-0.39, 0.29) is 30.6 Å². The first kappa shape index (κ1) is 24.2. The van der Waals surface area contributed by atoms with Crippen molar-refractivity contribution in [3.05, 3.63) is 29.8 Å². The summed E-state index contributed by atoms with van der Waals surface area (Å²) in [5.41, 5.74) is 1.94. The van der Waals surface area contributed by atoms with Gasteiger partial charge in [-0.2, -0.15) is 0 Å². The number of benzene rings is 1. The van der Waals surface area contributed by atoms with Gasteiger partial charge in [-0.05, 0) is 37.1 Å². The number of ketones is 1. The van der Waals surface area contributed by atoms with E-state index >= 15 is 0 Å². The first-order chi connectivity index (χ1) is 11.0. The molecule has 1 aromatic rings. The smallest absolute Gasteiger partial charge is 0.176 e. The fraction of sp³-hybridized carbons (Fsp3) is 0.632. The van der Waals surface area contributed by atoms with Crippen LogP contribution in [-0.4, -0.2) is 68.4 Å². The molecule has 25 heavy (non-hydrogen) atoms. The summed E-state index contributed by atoms with van der Waals surface area (Å²) in [6.07, 6.45) is 2.43. The van der Waals surface area contributed by atoms with Crippen molar-refractivity contribution in [2.24, 2.45) is 0 Å². The lowest BCUT2D eigenvalue weighted by Crippen LogP contribution is -2.51. The van der Waals surface area contributed by atoms with Gasteiger partial charge in [0.05, 0.1) is 6.54 Å². The van der Waals surface area contributed by atoms with E-state index in [2.05, 4.69) is 23.6 Å². The number of nitrogens with zero attached hydrogens (tertiary/aromatic N) is 3. The number of hydrogen-bond acceptors (Lipinski definition) is 4. The van der Waals surface area contributed by atoms with Crippen LogP contribution >= 0.6 is 24.8 Å². The maximum atomic E-state index is 12.5. The molecule has 1 fully saturated rings. The fourth-order valence-electron chi connectivity index (χ4n) is 3.33. The maximum Gasteiger partial charge on any atom is 0.176 e. The first-order valence-corrected chi connectivity index (χ1v) is 8.82. The molecule has 1 aliphatic rings. The molecule has 0 saturated carbocycles. The van der Waals surface area contributed by atoms with Gasteiger partial charge in [0.25, 0.3) is 0 Å². The molecule has 0 atom stereocenters. The monoisotopic (exact) mass is 389 g/mol. The number of anilines is 1. The molecule has 0 radical (unpaired) electrons. The summed E-state index contributed by atoms with van der Waals surface area (Å²) in [6.45, 7) is 9.23. The molecular formula is C19H33Cl2N3O. The number of halogens is 2. The largest absolute Gasteiger partial charge is 0.378 e. The summed E-state index contributed by atoms with van der Waals surface area (Å²) in [7, 11) is 4.02. The van der Waals surface area contributed by atoms with Gasteiger partial charge < -0.3 is 4.90 Å². The minimum absolute atomic E-state index is 0. The van der Waals surface area contributed by atoms with Gasteiger partial charge in [-0.15, -0.1) is 24.8 Å². The second-order valence-electron chi connectivity index (χ2n) is 6.65. The van der Waals surface area contributed by atoms with Crippen molar-refractivity contribution in [3.63, 3.8) is 0 Å².